The Balaban J connectivity index is 2.54. The second-order valence-electron chi connectivity index (χ2n) is 3.06. The second-order valence-corrected chi connectivity index (χ2v) is 3.06. The van der Waals surface area contributed by atoms with Crippen LogP contribution in [0.1, 0.15) is 16.1 Å². The van der Waals surface area contributed by atoms with Crippen LogP contribution in [0.25, 0.3) is 11.3 Å². The monoisotopic (exact) mass is 204 g/mol. The number of aromatic nitrogens is 2. The fourth-order valence-electron chi connectivity index (χ4n) is 1.29. The normalized spacial score (nSPS) is 10.2. The first-order valence-corrected chi connectivity index (χ1v) is 4.29. The fourth-order valence-corrected chi connectivity index (χ4v) is 1.29. The van der Waals surface area contributed by atoms with Crippen molar-refractivity contribution < 1.29 is 14.4 Å². The molecule has 0 amide bonds. The molecule has 0 unspecified atom stereocenters. The van der Waals surface area contributed by atoms with Gasteiger partial charge >= 0.3 is 5.97 Å². The fraction of sp³-hybridized carbons (Fsp3) is 0.100. The van der Waals surface area contributed by atoms with Gasteiger partial charge in [0.15, 0.2) is 5.76 Å². The summed E-state index contributed by atoms with van der Waals surface area (Å²) in [5.41, 5.74) is 1.51. The van der Waals surface area contributed by atoms with Gasteiger partial charge in [0.05, 0.1) is 6.20 Å². The molecule has 0 aromatic carbocycles. The zero-order chi connectivity index (χ0) is 10.8. The van der Waals surface area contributed by atoms with Crippen LogP contribution in [0.5, 0.6) is 0 Å². The van der Waals surface area contributed by atoms with E-state index in [4.69, 9.17) is 9.63 Å². The highest BCUT2D eigenvalue weighted by molar-refractivity contribution is 5.93. The standard InChI is InChI=1S/C10H8N2O3/c1-6-4-7(2-3-11-6)9-8(10(13)14)5-12-15-9/h2-5H,1H3,(H,13,14). The third-order valence-electron chi connectivity index (χ3n) is 1.96. The predicted molar refractivity (Wildman–Crippen MR) is 51.4 cm³/mol. The lowest BCUT2D eigenvalue weighted by molar-refractivity contribution is 0.0697. The van der Waals surface area contributed by atoms with Crippen LogP contribution in [0, 0.1) is 6.92 Å². The first-order chi connectivity index (χ1) is 7.18. The largest absolute Gasteiger partial charge is 0.477 e. The van der Waals surface area contributed by atoms with Gasteiger partial charge in [-0.25, -0.2) is 4.79 Å². The Hall–Kier alpha value is -2.17. The molecular weight excluding hydrogens is 196 g/mol. The molecule has 0 saturated heterocycles. The number of rotatable bonds is 2. The molecule has 0 bridgehead atoms. The maximum atomic E-state index is 10.8. The summed E-state index contributed by atoms with van der Waals surface area (Å²) in [7, 11) is 0. The van der Waals surface area contributed by atoms with Crippen molar-refractivity contribution >= 4 is 5.97 Å². The van der Waals surface area contributed by atoms with Crippen LogP contribution in [0.3, 0.4) is 0 Å². The Bertz CT molecular complexity index is 505. The molecule has 5 heteroatoms. The molecule has 0 aliphatic heterocycles. The van der Waals surface area contributed by atoms with Gasteiger partial charge in [0.2, 0.25) is 0 Å². The molecule has 0 aliphatic carbocycles. The minimum absolute atomic E-state index is 0.0561. The number of carbonyl (C=O) groups is 1. The number of hydrogen-bond donors (Lipinski definition) is 1. The summed E-state index contributed by atoms with van der Waals surface area (Å²) >= 11 is 0. The molecule has 0 fully saturated rings. The summed E-state index contributed by atoms with van der Waals surface area (Å²) in [6.45, 7) is 1.82. The molecular formula is C10H8N2O3. The van der Waals surface area contributed by atoms with Crippen LogP contribution in [-0.2, 0) is 0 Å². The Morgan fingerprint density at radius 2 is 2.33 bits per heavy atom. The average molecular weight is 204 g/mol. The molecule has 0 spiro atoms. The van der Waals surface area contributed by atoms with Crippen molar-refractivity contribution in [1.29, 1.82) is 0 Å². The molecule has 1 N–H and O–H groups in total. The number of aromatic carboxylic acids is 1. The lowest BCUT2D eigenvalue weighted by Crippen LogP contribution is -1.96. The van der Waals surface area contributed by atoms with Gasteiger partial charge in [0.25, 0.3) is 0 Å². The summed E-state index contributed by atoms with van der Waals surface area (Å²) in [6, 6.07) is 3.42. The average Bonchev–Trinajstić information content (AvgIpc) is 2.65. The molecule has 15 heavy (non-hydrogen) atoms. The van der Waals surface area contributed by atoms with Crippen LogP contribution in [0.4, 0.5) is 0 Å². The van der Waals surface area contributed by atoms with E-state index in [9.17, 15) is 4.79 Å². The van der Waals surface area contributed by atoms with Crippen LogP contribution in [-0.4, -0.2) is 21.2 Å². The highest BCUT2D eigenvalue weighted by Crippen LogP contribution is 2.23. The molecule has 2 rings (SSSR count). The van der Waals surface area contributed by atoms with Crippen LogP contribution < -0.4 is 0 Å². The molecule has 76 valence electrons. The van der Waals surface area contributed by atoms with Crippen molar-refractivity contribution in [3.8, 4) is 11.3 Å². The Morgan fingerprint density at radius 1 is 1.53 bits per heavy atom. The lowest BCUT2D eigenvalue weighted by Gasteiger charge is -1.98. The molecule has 2 heterocycles. The van der Waals surface area contributed by atoms with E-state index in [2.05, 4.69) is 10.1 Å². The maximum absolute atomic E-state index is 10.8. The van der Waals surface area contributed by atoms with E-state index < -0.39 is 5.97 Å². The third-order valence-corrected chi connectivity index (χ3v) is 1.96. The van der Waals surface area contributed by atoms with E-state index in [0.29, 0.717) is 5.56 Å². The molecule has 0 saturated carbocycles. The van der Waals surface area contributed by atoms with Crippen molar-refractivity contribution in [3.63, 3.8) is 0 Å². The Morgan fingerprint density at radius 3 is 3.00 bits per heavy atom. The summed E-state index contributed by atoms with van der Waals surface area (Å²) < 4.78 is 4.91. The Kier molecular flexibility index (Phi) is 2.21. The van der Waals surface area contributed by atoms with Gasteiger partial charge < -0.3 is 9.63 Å². The zero-order valence-corrected chi connectivity index (χ0v) is 7.97. The number of aryl methyl sites for hydroxylation is 1. The smallest absolute Gasteiger partial charge is 0.341 e. The van der Waals surface area contributed by atoms with Crippen LogP contribution in [0.15, 0.2) is 29.0 Å². The van der Waals surface area contributed by atoms with Gasteiger partial charge in [0.1, 0.15) is 5.56 Å². The van der Waals surface area contributed by atoms with E-state index in [1.807, 2.05) is 6.92 Å². The zero-order valence-electron chi connectivity index (χ0n) is 7.97. The van der Waals surface area contributed by atoms with E-state index >= 15 is 0 Å². The summed E-state index contributed by atoms with van der Waals surface area (Å²) in [6.07, 6.45) is 2.78. The maximum Gasteiger partial charge on any atom is 0.341 e. The first kappa shape index (κ1) is 9.39. The van der Waals surface area contributed by atoms with Crippen molar-refractivity contribution in [2.45, 2.75) is 6.92 Å². The van der Waals surface area contributed by atoms with Gasteiger partial charge in [-0.1, -0.05) is 5.16 Å². The van der Waals surface area contributed by atoms with Gasteiger partial charge in [-0.05, 0) is 19.1 Å². The Labute approximate surface area is 85.4 Å². The molecule has 0 aliphatic rings. The van der Waals surface area contributed by atoms with Crippen molar-refractivity contribution in [1.82, 2.24) is 10.1 Å². The summed E-state index contributed by atoms with van der Waals surface area (Å²) in [5, 5.41) is 12.3. The lowest BCUT2D eigenvalue weighted by atomic mass is 10.1. The summed E-state index contributed by atoms with van der Waals surface area (Å²) in [5.74, 6) is -0.797. The van der Waals surface area contributed by atoms with E-state index in [0.717, 1.165) is 5.69 Å². The summed E-state index contributed by atoms with van der Waals surface area (Å²) in [4.78, 5) is 14.8. The van der Waals surface area contributed by atoms with Crippen molar-refractivity contribution in [2.75, 3.05) is 0 Å². The highest BCUT2D eigenvalue weighted by Gasteiger charge is 2.16. The SMILES string of the molecule is Cc1cc(-c2oncc2C(=O)O)ccn1. The number of carboxylic acids is 1. The molecule has 0 radical (unpaired) electrons. The first-order valence-electron chi connectivity index (χ1n) is 4.29. The second kappa shape index (κ2) is 3.53. The third kappa shape index (κ3) is 1.71. The van der Waals surface area contributed by atoms with Crippen LogP contribution in [0.2, 0.25) is 0 Å². The number of nitrogens with zero attached hydrogens (tertiary/aromatic N) is 2. The number of carboxylic acid groups (broad SMARTS) is 1. The van der Waals surface area contributed by atoms with E-state index in [1.165, 1.54) is 6.20 Å². The van der Waals surface area contributed by atoms with Gasteiger partial charge in [-0.2, -0.15) is 0 Å². The molecule has 5 nitrogen and oxygen atoms in total. The predicted octanol–water partition coefficient (Wildman–Crippen LogP) is 1.74. The minimum atomic E-state index is -1.05. The van der Waals surface area contributed by atoms with Gasteiger partial charge in [0, 0.05) is 17.5 Å². The van der Waals surface area contributed by atoms with Gasteiger partial charge in [-0.15, -0.1) is 0 Å². The molecule has 2 aromatic heterocycles. The highest BCUT2D eigenvalue weighted by atomic mass is 16.5. The van der Waals surface area contributed by atoms with Gasteiger partial charge in [-0.3, -0.25) is 4.98 Å². The van der Waals surface area contributed by atoms with Crippen LogP contribution >= 0.6 is 0 Å². The van der Waals surface area contributed by atoms with Crippen molar-refractivity contribution in [3.05, 3.63) is 35.8 Å². The van der Waals surface area contributed by atoms with E-state index in [1.54, 1.807) is 18.3 Å². The number of pyridine rings is 1. The van der Waals surface area contributed by atoms with E-state index in [-0.39, 0.29) is 11.3 Å². The van der Waals surface area contributed by atoms with Crippen molar-refractivity contribution in [2.24, 2.45) is 0 Å². The quantitative estimate of drug-likeness (QED) is 0.806. The number of hydrogen-bond acceptors (Lipinski definition) is 4. The molecule has 0 atom stereocenters. The topological polar surface area (TPSA) is 76.2 Å². The molecule has 2 aromatic rings. The minimum Gasteiger partial charge on any atom is -0.477 e.